The average molecular weight is 283 g/mol. The molecule has 1 aliphatic carbocycles. The van der Waals surface area contributed by atoms with Gasteiger partial charge in [0.25, 0.3) is 0 Å². The lowest BCUT2D eigenvalue weighted by molar-refractivity contribution is -0.130. The second-order valence-corrected chi connectivity index (χ2v) is 5.90. The molecule has 1 aromatic rings. The van der Waals surface area contributed by atoms with Gasteiger partial charge in [0.1, 0.15) is 6.04 Å². The first-order chi connectivity index (χ1) is 10.3. The Balaban J connectivity index is 1.61. The Bertz CT molecular complexity index is 563. The van der Waals surface area contributed by atoms with E-state index in [9.17, 15) is 4.79 Å². The Labute approximate surface area is 125 Å². The van der Waals surface area contributed by atoms with Gasteiger partial charge >= 0.3 is 0 Å². The molecule has 1 aliphatic heterocycles. The van der Waals surface area contributed by atoms with Gasteiger partial charge in [-0.15, -0.1) is 0 Å². The lowest BCUT2D eigenvalue weighted by Gasteiger charge is -2.27. The molecule has 0 spiro atoms. The van der Waals surface area contributed by atoms with E-state index in [-0.39, 0.29) is 18.0 Å². The smallest absolute Gasteiger partial charge is 0.237 e. The van der Waals surface area contributed by atoms with Crippen molar-refractivity contribution in [1.82, 2.24) is 10.2 Å². The third-order valence-electron chi connectivity index (χ3n) is 4.59. The standard InChI is InChI=1S/C17H21N3O/c18-11-14-7-4-10-20(14)17(21)12-19-16-9-3-6-13-5-1-2-8-15(13)16/h1-2,5,8,14,16,19H,3-4,6-7,9-10,12H2/t14-,16-/m0/s1. The number of likely N-dealkylation sites (tertiary alicyclic amines) is 1. The molecule has 0 aromatic heterocycles. The van der Waals surface area contributed by atoms with Crippen molar-refractivity contribution in [3.63, 3.8) is 0 Å². The normalized spacial score (nSPS) is 24.4. The summed E-state index contributed by atoms with van der Waals surface area (Å²) < 4.78 is 0. The van der Waals surface area contributed by atoms with Crippen molar-refractivity contribution in [2.75, 3.05) is 13.1 Å². The molecule has 1 saturated heterocycles. The minimum Gasteiger partial charge on any atom is -0.326 e. The number of amides is 1. The summed E-state index contributed by atoms with van der Waals surface area (Å²) in [6.07, 6.45) is 5.12. The summed E-state index contributed by atoms with van der Waals surface area (Å²) in [4.78, 5) is 14.0. The molecule has 1 fully saturated rings. The Kier molecular flexibility index (Phi) is 4.21. The summed E-state index contributed by atoms with van der Waals surface area (Å²) in [6, 6.07) is 10.7. The summed E-state index contributed by atoms with van der Waals surface area (Å²) in [7, 11) is 0. The number of fused-ring (bicyclic) bond motifs is 1. The molecule has 4 heteroatoms. The molecule has 1 amide bonds. The van der Waals surface area contributed by atoms with Crippen LogP contribution in [0.4, 0.5) is 0 Å². The van der Waals surface area contributed by atoms with Gasteiger partial charge in [-0.05, 0) is 43.2 Å². The number of carbonyl (C=O) groups excluding carboxylic acids is 1. The molecular weight excluding hydrogens is 262 g/mol. The van der Waals surface area contributed by atoms with E-state index in [4.69, 9.17) is 5.26 Å². The van der Waals surface area contributed by atoms with Gasteiger partial charge in [-0.2, -0.15) is 5.26 Å². The zero-order chi connectivity index (χ0) is 14.7. The maximum atomic E-state index is 12.3. The topological polar surface area (TPSA) is 56.1 Å². The largest absolute Gasteiger partial charge is 0.326 e. The van der Waals surface area contributed by atoms with Crippen LogP contribution in [-0.4, -0.2) is 29.9 Å². The van der Waals surface area contributed by atoms with Gasteiger partial charge in [0, 0.05) is 12.6 Å². The molecule has 1 N–H and O–H groups in total. The van der Waals surface area contributed by atoms with Crippen molar-refractivity contribution >= 4 is 5.91 Å². The van der Waals surface area contributed by atoms with Crippen LogP contribution in [0.5, 0.6) is 0 Å². The fraction of sp³-hybridized carbons (Fsp3) is 0.529. The van der Waals surface area contributed by atoms with E-state index in [2.05, 4.69) is 35.7 Å². The van der Waals surface area contributed by atoms with Crippen LogP contribution >= 0.6 is 0 Å². The highest BCUT2D eigenvalue weighted by molar-refractivity contribution is 5.79. The highest BCUT2D eigenvalue weighted by atomic mass is 16.2. The Hall–Kier alpha value is -1.86. The van der Waals surface area contributed by atoms with Crippen LogP contribution < -0.4 is 5.32 Å². The van der Waals surface area contributed by atoms with E-state index < -0.39 is 0 Å². The van der Waals surface area contributed by atoms with Crippen LogP contribution in [0.15, 0.2) is 24.3 Å². The van der Waals surface area contributed by atoms with Gasteiger partial charge in [0.2, 0.25) is 5.91 Å². The third kappa shape index (κ3) is 2.93. The van der Waals surface area contributed by atoms with Gasteiger partial charge in [0.05, 0.1) is 12.6 Å². The van der Waals surface area contributed by atoms with Crippen LogP contribution in [0.2, 0.25) is 0 Å². The van der Waals surface area contributed by atoms with Gasteiger partial charge in [-0.25, -0.2) is 0 Å². The van der Waals surface area contributed by atoms with E-state index in [1.807, 2.05) is 0 Å². The number of aryl methyl sites for hydroxylation is 1. The quantitative estimate of drug-likeness (QED) is 0.925. The molecule has 110 valence electrons. The lowest BCUT2D eigenvalue weighted by Crippen LogP contribution is -2.41. The summed E-state index contributed by atoms with van der Waals surface area (Å²) in [5, 5.41) is 12.5. The monoisotopic (exact) mass is 283 g/mol. The summed E-state index contributed by atoms with van der Waals surface area (Å²) in [5.41, 5.74) is 2.72. The van der Waals surface area contributed by atoms with Crippen molar-refractivity contribution in [2.45, 2.75) is 44.2 Å². The van der Waals surface area contributed by atoms with E-state index in [1.54, 1.807) is 4.90 Å². The van der Waals surface area contributed by atoms with E-state index in [1.165, 1.54) is 11.1 Å². The predicted octanol–water partition coefficient (Wildman–Crippen LogP) is 2.17. The Morgan fingerprint density at radius 3 is 3.05 bits per heavy atom. The molecule has 3 rings (SSSR count). The van der Waals surface area contributed by atoms with Crippen LogP contribution in [0.3, 0.4) is 0 Å². The maximum Gasteiger partial charge on any atom is 0.237 e. The predicted molar refractivity (Wildman–Crippen MR) is 80.5 cm³/mol. The molecule has 0 unspecified atom stereocenters. The number of benzene rings is 1. The molecular formula is C17H21N3O. The number of nitriles is 1. The molecule has 0 radical (unpaired) electrons. The van der Waals surface area contributed by atoms with Gasteiger partial charge in [0.15, 0.2) is 0 Å². The number of carbonyl (C=O) groups is 1. The van der Waals surface area contributed by atoms with Crippen molar-refractivity contribution < 1.29 is 4.79 Å². The second-order valence-electron chi connectivity index (χ2n) is 5.90. The second kappa shape index (κ2) is 6.28. The van der Waals surface area contributed by atoms with Gasteiger partial charge in [-0.1, -0.05) is 24.3 Å². The average Bonchev–Trinajstić information content (AvgIpc) is 3.01. The number of hydrogen-bond donors (Lipinski definition) is 1. The summed E-state index contributed by atoms with van der Waals surface area (Å²) >= 11 is 0. The summed E-state index contributed by atoms with van der Waals surface area (Å²) in [6.45, 7) is 1.05. The van der Waals surface area contributed by atoms with E-state index in [0.29, 0.717) is 6.54 Å². The van der Waals surface area contributed by atoms with Crippen LogP contribution in [0.25, 0.3) is 0 Å². The SMILES string of the molecule is N#C[C@@H]1CCCN1C(=O)CN[C@H]1CCCc2ccccc21. The minimum absolute atomic E-state index is 0.0575. The van der Waals surface area contributed by atoms with Crippen molar-refractivity contribution in [3.05, 3.63) is 35.4 Å². The van der Waals surface area contributed by atoms with E-state index in [0.717, 1.165) is 38.6 Å². The lowest BCUT2D eigenvalue weighted by atomic mass is 9.88. The molecule has 2 atom stereocenters. The third-order valence-corrected chi connectivity index (χ3v) is 4.59. The molecule has 1 heterocycles. The molecule has 4 nitrogen and oxygen atoms in total. The minimum atomic E-state index is -0.224. The molecule has 2 aliphatic rings. The zero-order valence-corrected chi connectivity index (χ0v) is 12.2. The van der Waals surface area contributed by atoms with Crippen LogP contribution in [0.1, 0.15) is 42.9 Å². The summed E-state index contributed by atoms with van der Waals surface area (Å²) in [5.74, 6) is 0.0575. The molecule has 0 saturated carbocycles. The number of rotatable bonds is 3. The first-order valence-electron chi connectivity index (χ1n) is 7.80. The molecule has 0 bridgehead atoms. The first kappa shape index (κ1) is 14.1. The first-order valence-corrected chi connectivity index (χ1v) is 7.80. The molecule has 1 aromatic carbocycles. The Morgan fingerprint density at radius 2 is 2.19 bits per heavy atom. The zero-order valence-electron chi connectivity index (χ0n) is 12.2. The highest BCUT2D eigenvalue weighted by Crippen LogP contribution is 2.29. The highest BCUT2D eigenvalue weighted by Gasteiger charge is 2.29. The van der Waals surface area contributed by atoms with Gasteiger partial charge in [-0.3, -0.25) is 4.79 Å². The Morgan fingerprint density at radius 1 is 1.33 bits per heavy atom. The van der Waals surface area contributed by atoms with Crippen molar-refractivity contribution in [3.8, 4) is 6.07 Å². The van der Waals surface area contributed by atoms with Crippen molar-refractivity contribution in [1.29, 1.82) is 5.26 Å². The fourth-order valence-electron chi connectivity index (χ4n) is 3.48. The van der Waals surface area contributed by atoms with Crippen molar-refractivity contribution in [2.24, 2.45) is 0 Å². The van der Waals surface area contributed by atoms with Gasteiger partial charge < -0.3 is 10.2 Å². The van der Waals surface area contributed by atoms with Crippen LogP contribution in [-0.2, 0) is 11.2 Å². The fourth-order valence-corrected chi connectivity index (χ4v) is 3.48. The number of nitrogens with one attached hydrogen (secondary N) is 1. The van der Waals surface area contributed by atoms with E-state index >= 15 is 0 Å². The maximum absolute atomic E-state index is 12.3. The number of nitrogens with zero attached hydrogens (tertiary/aromatic N) is 2. The molecule has 21 heavy (non-hydrogen) atoms. The van der Waals surface area contributed by atoms with Crippen LogP contribution in [0, 0.1) is 11.3 Å². The number of hydrogen-bond acceptors (Lipinski definition) is 3.